The third kappa shape index (κ3) is 16.8. The quantitative estimate of drug-likeness (QED) is 0.0602. The van der Waals surface area contributed by atoms with Gasteiger partial charge in [-0.25, -0.2) is 4.79 Å². The fourth-order valence-electron chi connectivity index (χ4n) is 7.89. The number of carboxylic acid groups (broad SMARTS) is 2. The lowest BCUT2D eigenvalue weighted by atomic mass is 10.0. The standard InChI is InChI=1S/C45H69N9O13/c1-23(2)18-29(50-42(63)34-11-9-17-54(34)44(65)26(7)48-43(64)37(46)25(5)6)38(59)47-22-35(56)53-16-8-10-33(53)41(62)51-30(19-24(3)4)39(60)49-31(21-36(57)58)40(61)52-32(45(66)67)20-27-12-14-28(55)15-13-27/h12-15,23-26,29-34,37,55H,8-11,16-22,46H2,1-7H3,(H,47,59)(H,48,64)(H,49,60)(H,50,63)(H,51,62)(H,52,61)(H,57,58)(H,66,67)/t26-,29-,30-,31-,32-,33-,34-,37-/m0/s1. The van der Waals surface area contributed by atoms with Crippen molar-refractivity contribution in [3.05, 3.63) is 29.8 Å². The minimum atomic E-state index is -1.74. The Morgan fingerprint density at radius 2 is 1.13 bits per heavy atom. The molecule has 8 atom stereocenters. The van der Waals surface area contributed by atoms with Gasteiger partial charge in [-0.1, -0.05) is 53.7 Å². The van der Waals surface area contributed by atoms with Gasteiger partial charge in [0.2, 0.25) is 47.3 Å². The van der Waals surface area contributed by atoms with E-state index in [9.17, 15) is 63.3 Å². The summed E-state index contributed by atoms with van der Waals surface area (Å²) in [5.74, 6) is -9.00. The van der Waals surface area contributed by atoms with Gasteiger partial charge in [0, 0.05) is 19.5 Å². The summed E-state index contributed by atoms with van der Waals surface area (Å²) >= 11 is 0. The first-order valence-electron chi connectivity index (χ1n) is 22.8. The van der Waals surface area contributed by atoms with Crippen LogP contribution in [0.15, 0.2) is 24.3 Å². The van der Waals surface area contributed by atoms with Crippen molar-refractivity contribution in [2.45, 2.75) is 148 Å². The number of hydrogen-bond acceptors (Lipinski definition) is 12. The van der Waals surface area contributed by atoms with Gasteiger partial charge in [-0.3, -0.25) is 43.2 Å². The number of carbonyl (C=O) groups is 10. The van der Waals surface area contributed by atoms with Gasteiger partial charge in [-0.15, -0.1) is 0 Å². The van der Waals surface area contributed by atoms with Gasteiger partial charge in [0.25, 0.3) is 0 Å². The van der Waals surface area contributed by atoms with Crippen molar-refractivity contribution in [2.24, 2.45) is 23.5 Å². The van der Waals surface area contributed by atoms with E-state index >= 15 is 0 Å². The van der Waals surface area contributed by atoms with Crippen LogP contribution in [0.5, 0.6) is 5.75 Å². The molecule has 11 N–H and O–H groups in total. The number of amides is 8. The van der Waals surface area contributed by atoms with Crippen molar-refractivity contribution in [1.82, 2.24) is 41.7 Å². The van der Waals surface area contributed by atoms with Crippen LogP contribution in [-0.2, 0) is 54.4 Å². The highest BCUT2D eigenvalue weighted by atomic mass is 16.4. The predicted octanol–water partition coefficient (Wildman–Crippen LogP) is -0.888. The molecule has 1 aromatic rings. The van der Waals surface area contributed by atoms with Crippen LogP contribution in [0, 0.1) is 17.8 Å². The summed E-state index contributed by atoms with van der Waals surface area (Å²) in [7, 11) is 0. The van der Waals surface area contributed by atoms with Gasteiger partial charge >= 0.3 is 11.9 Å². The number of likely N-dealkylation sites (tertiary alicyclic amines) is 2. The molecule has 22 heteroatoms. The Kier molecular flexibility index (Phi) is 21.0. The Morgan fingerprint density at radius 1 is 0.642 bits per heavy atom. The molecule has 372 valence electrons. The molecule has 2 aliphatic heterocycles. The molecule has 0 unspecified atom stereocenters. The molecule has 0 aromatic heterocycles. The average Bonchev–Trinajstić information content (AvgIpc) is 3.95. The molecule has 0 spiro atoms. The fourth-order valence-corrected chi connectivity index (χ4v) is 7.89. The number of rotatable bonds is 24. The highest BCUT2D eigenvalue weighted by molar-refractivity contribution is 5.98. The number of carboxylic acids is 2. The zero-order chi connectivity index (χ0) is 50.3. The van der Waals surface area contributed by atoms with E-state index in [0.717, 1.165) is 0 Å². The lowest BCUT2D eigenvalue weighted by Gasteiger charge is -2.30. The number of phenolic OH excluding ortho intramolecular Hbond substituents is 1. The molecule has 2 heterocycles. The topological polar surface area (TPSA) is 336 Å². The van der Waals surface area contributed by atoms with Gasteiger partial charge in [-0.2, -0.15) is 0 Å². The maximum atomic E-state index is 13.8. The molecular formula is C45H69N9O13. The second-order valence-corrected chi connectivity index (χ2v) is 18.5. The SMILES string of the molecule is CC(C)C[C@H](NC(=O)[C@@H]1CCCN1C(=O)CNC(=O)[C@H](CC(C)C)NC(=O)[C@@H]1CCCN1C(=O)[C@H](C)NC(=O)[C@@H](N)C(C)C)C(=O)N[C@@H](CC(=O)O)C(=O)N[C@@H](Cc1ccc(O)cc1)C(=O)O. The summed E-state index contributed by atoms with van der Waals surface area (Å²) in [5, 5.41) is 44.1. The maximum Gasteiger partial charge on any atom is 0.326 e. The second-order valence-electron chi connectivity index (χ2n) is 18.5. The summed E-state index contributed by atoms with van der Waals surface area (Å²) in [5.41, 5.74) is 6.37. The summed E-state index contributed by atoms with van der Waals surface area (Å²) < 4.78 is 0. The fraction of sp³-hybridized carbons (Fsp3) is 0.644. The van der Waals surface area contributed by atoms with Crippen LogP contribution in [0.2, 0.25) is 0 Å². The summed E-state index contributed by atoms with van der Waals surface area (Å²) in [6.07, 6.45) is 0.532. The van der Waals surface area contributed by atoms with E-state index in [1.165, 1.54) is 41.0 Å². The Balaban J connectivity index is 1.66. The number of benzene rings is 1. The number of hydrogen-bond donors (Lipinski definition) is 10. The number of aromatic hydroxyl groups is 1. The highest BCUT2D eigenvalue weighted by Crippen LogP contribution is 2.21. The molecule has 2 aliphatic rings. The molecular weight excluding hydrogens is 875 g/mol. The van der Waals surface area contributed by atoms with E-state index in [0.29, 0.717) is 24.8 Å². The Labute approximate surface area is 390 Å². The van der Waals surface area contributed by atoms with E-state index in [1.54, 1.807) is 27.7 Å². The summed E-state index contributed by atoms with van der Waals surface area (Å²) in [4.78, 5) is 134. The van der Waals surface area contributed by atoms with E-state index in [2.05, 4.69) is 31.9 Å². The van der Waals surface area contributed by atoms with Crippen molar-refractivity contribution in [3.8, 4) is 5.75 Å². The van der Waals surface area contributed by atoms with Crippen molar-refractivity contribution in [2.75, 3.05) is 19.6 Å². The van der Waals surface area contributed by atoms with E-state index in [1.807, 2.05) is 13.8 Å². The number of nitrogens with zero attached hydrogens (tertiary/aromatic N) is 2. The van der Waals surface area contributed by atoms with Gasteiger partial charge in [0.15, 0.2) is 0 Å². The molecule has 22 nitrogen and oxygen atoms in total. The number of nitrogens with two attached hydrogens (primary N) is 1. The van der Waals surface area contributed by atoms with Crippen LogP contribution in [0.1, 0.15) is 99.0 Å². The lowest BCUT2D eigenvalue weighted by molar-refractivity contribution is -0.144. The third-order valence-corrected chi connectivity index (χ3v) is 11.6. The van der Waals surface area contributed by atoms with Gasteiger partial charge in [0.1, 0.15) is 48.0 Å². The molecule has 0 radical (unpaired) electrons. The molecule has 0 aliphatic carbocycles. The van der Waals surface area contributed by atoms with Crippen LogP contribution in [0.4, 0.5) is 0 Å². The van der Waals surface area contributed by atoms with Gasteiger partial charge < -0.3 is 62.8 Å². The first kappa shape index (κ1) is 55.0. The molecule has 67 heavy (non-hydrogen) atoms. The lowest BCUT2D eigenvalue weighted by Crippen LogP contribution is -2.58. The molecule has 1 aromatic carbocycles. The number of nitrogens with one attached hydrogen (secondary N) is 6. The first-order chi connectivity index (χ1) is 31.4. The minimum absolute atomic E-state index is 0.0344. The van der Waals surface area contributed by atoms with E-state index < -0.39 is 120 Å². The smallest absolute Gasteiger partial charge is 0.326 e. The van der Waals surface area contributed by atoms with Crippen molar-refractivity contribution in [1.29, 1.82) is 0 Å². The number of carbonyl (C=O) groups excluding carboxylic acids is 8. The third-order valence-electron chi connectivity index (χ3n) is 11.6. The van der Waals surface area contributed by atoms with Crippen LogP contribution in [-0.4, -0.2) is 152 Å². The molecule has 0 bridgehead atoms. The van der Waals surface area contributed by atoms with Crippen LogP contribution >= 0.6 is 0 Å². The van der Waals surface area contributed by atoms with Crippen molar-refractivity contribution >= 4 is 59.2 Å². The van der Waals surface area contributed by atoms with Crippen molar-refractivity contribution < 1.29 is 63.3 Å². The number of aliphatic carboxylic acids is 2. The van der Waals surface area contributed by atoms with E-state index in [4.69, 9.17) is 5.73 Å². The molecule has 2 saturated heterocycles. The second kappa shape index (κ2) is 25.6. The Morgan fingerprint density at radius 3 is 1.64 bits per heavy atom. The first-order valence-corrected chi connectivity index (χ1v) is 22.8. The normalized spacial score (nSPS) is 18.6. The van der Waals surface area contributed by atoms with Gasteiger partial charge in [-0.05, 0) is 80.9 Å². The Bertz CT molecular complexity index is 1960. The molecule has 3 rings (SSSR count). The minimum Gasteiger partial charge on any atom is -0.508 e. The number of phenols is 1. The van der Waals surface area contributed by atoms with Crippen molar-refractivity contribution in [3.63, 3.8) is 0 Å². The highest BCUT2D eigenvalue weighted by Gasteiger charge is 2.40. The summed E-state index contributed by atoms with van der Waals surface area (Å²) in [6.45, 7) is 12.1. The Hall–Kier alpha value is -6.32. The molecule has 2 fully saturated rings. The monoisotopic (exact) mass is 944 g/mol. The summed E-state index contributed by atoms with van der Waals surface area (Å²) in [6, 6.07) is -3.87. The zero-order valence-electron chi connectivity index (χ0n) is 39.3. The average molecular weight is 944 g/mol. The maximum absolute atomic E-state index is 13.8. The largest absolute Gasteiger partial charge is 0.508 e. The molecule has 8 amide bonds. The zero-order valence-corrected chi connectivity index (χ0v) is 39.3. The van der Waals surface area contributed by atoms with Crippen LogP contribution in [0.3, 0.4) is 0 Å². The van der Waals surface area contributed by atoms with Gasteiger partial charge in [0.05, 0.1) is 19.0 Å². The molecule has 0 saturated carbocycles. The van der Waals surface area contributed by atoms with Crippen LogP contribution < -0.4 is 37.6 Å². The van der Waals surface area contributed by atoms with Crippen LogP contribution in [0.25, 0.3) is 0 Å². The van der Waals surface area contributed by atoms with E-state index in [-0.39, 0.29) is 62.3 Å². The predicted molar refractivity (Wildman–Crippen MR) is 241 cm³/mol.